The van der Waals surface area contributed by atoms with Gasteiger partial charge in [-0.2, -0.15) is 0 Å². The van der Waals surface area contributed by atoms with Crippen LogP contribution in [0, 0.1) is 20.8 Å². The number of thiazole rings is 1. The monoisotopic (exact) mass is 437 g/mol. The van der Waals surface area contributed by atoms with E-state index in [-0.39, 0.29) is 11.6 Å². The second-order valence-electron chi connectivity index (χ2n) is 7.02. The van der Waals surface area contributed by atoms with Crippen molar-refractivity contribution in [2.24, 2.45) is 0 Å². The molecule has 4 rings (SSSR count). The number of amides is 1. The predicted octanol–water partition coefficient (Wildman–Crippen LogP) is 5.15. The number of rotatable bonds is 5. The van der Waals surface area contributed by atoms with E-state index in [1.54, 1.807) is 4.68 Å². The minimum absolute atomic E-state index is 0.275. The number of nitrogens with one attached hydrogen (secondary N) is 1. The zero-order chi connectivity index (χ0) is 21.3. The zero-order valence-corrected chi connectivity index (χ0v) is 18.4. The van der Waals surface area contributed by atoms with E-state index in [4.69, 9.17) is 11.6 Å². The van der Waals surface area contributed by atoms with Gasteiger partial charge in [0.2, 0.25) is 0 Å². The first kappa shape index (κ1) is 20.3. The van der Waals surface area contributed by atoms with Crippen molar-refractivity contribution in [3.63, 3.8) is 0 Å². The number of benzene rings is 2. The van der Waals surface area contributed by atoms with Gasteiger partial charge in [-0.1, -0.05) is 47.1 Å². The molecular weight excluding hydrogens is 418 g/mol. The van der Waals surface area contributed by atoms with Crippen LogP contribution < -0.4 is 5.32 Å². The highest BCUT2D eigenvalue weighted by Crippen LogP contribution is 2.28. The van der Waals surface area contributed by atoms with Crippen molar-refractivity contribution in [2.45, 2.75) is 27.2 Å². The van der Waals surface area contributed by atoms with E-state index in [1.807, 2.05) is 69.3 Å². The summed E-state index contributed by atoms with van der Waals surface area (Å²) in [4.78, 5) is 18.3. The van der Waals surface area contributed by atoms with Gasteiger partial charge < -0.3 is 0 Å². The van der Waals surface area contributed by atoms with Crippen LogP contribution in [0.4, 0.5) is 5.13 Å². The van der Waals surface area contributed by atoms with E-state index in [1.165, 1.54) is 11.3 Å². The maximum atomic E-state index is 12.8. The summed E-state index contributed by atoms with van der Waals surface area (Å²) in [6.45, 7) is 5.76. The summed E-state index contributed by atoms with van der Waals surface area (Å²) < 4.78 is 1.66. The Hall–Kier alpha value is -3.03. The number of aromatic nitrogens is 4. The standard InChI is InChI=1S/C22H20ClN5OS/c1-13-7-6-9-17(11-13)28-15(3)20(26-27-28)21(29)25-22-24-14(2)19(30-22)12-16-8-4-5-10-18(16)23/h4-11H,12H2,1-3H3,(H,24,25,29). The maximum Gasteiger partial charge on any atom is 0.279 e. The molecule has 2 aromatic heterocycles. The Bertz CT molecular complexity index is 1230. The molecule has 6 nitrogen and oxygen atoms in total. The largest absolute Gasteiger partial charge is 0.296 e. The normalized spacial score (nSPS) is 10.9. The summed E-state index contributed by atoms with van der Waals surface area (Å²) in [7, 11) is 0. The number of nitrogens with zero attached hydrogens (tertiary/aromatic N) is 4. The average molecular weight is 438 g/mol. The van der Waals surface area contributed by atoms with Gasteiger partial charge in [0.1, 0.15) is 0 Å². The quantitative estimate of drug-likeness (QED) is 0.468. The lowest BCUT2D eigenvalue weighted by Crippen LogP contribution is -2.14. The van der Waals surface area contributed by atoms with Gasteiger partial charge in [0.25, 0.3) is 5.91 Å². The Kier molecular flexibility index (Phi) is 5.65. The van der Waals surface area contributed by atoms with Crippen LogP contribution in [0.25, 0.3) is 5.69 Å². The minimum atomic E-state index is -0.329. The smallest absolute Gasteiger partial charge is 0.279 e. The van der Waals surface area contributed by atoms with E-state index in [0.717, 1.165) is 32.4 Å². The van der Waals surface area contributed by atoms with Crippen molar-refractivity contribution in [1.29, 1.82) is 0 Å². The average Bonchev–Trinajstić information content (AvgIpc) is 3.26. The molecule has 2 aromatic carbocycles. The molecule has 152 valence electrons. The van der Waals surface area contributed by atoms with Crippen LogP contribution in [0.15, 0.2) is 48.5 Å². The fraction of sp³-hybridized carbons (Fsp3) is 0.182. The van der Waals surface area contributed by atoms with Crippen LogP contribution in [-0.2, 0) is 6.42 Å². The minimum Gasteiger partial charge on any atom is -0.296 e. The summed E-state index contributed by atoms with van der Waals surface area (Å²) in [6, 6.07) is 15.6. The van der Waals surface area contributed by atoms with E-state index < -0.39 is 0 Å². The number of aryl methyl sites for hydroxylation is 2. The maximum absolute atomic E-state index is 12.8. The second kappa shape index (κ2) is 8.38. The second-order valence-corrected chi connectivity index (χ2v) is 8.52. The Labute approximate surface area is 183 Å². The highest BCUT2D eigenvalue weighted by atomic mass is 35.5. The molecule has 8 heteroatoms. The zero-order valence-electron chi connectivity index (χ0n) is 16.8. The molecule has 1 amide bonds. The summed E-state index contributed by atoms with van der Waals surface area (Å²) in [5.74, 6) is -0.329. The lowest BCUT2D eigenvalue weighted by Gasteiger charge is -2.04. The molecule has 2 heterocycles. The molecule has 0 aliphatic rings. The number of halogens is 1. The van der Waals surface area contributed by atoms with Gasteiger partial charge in [-0.25, -0.2) is 9.67 Å². The molecule has 0 unspecified atom stereocenters. The van der Waals surface area contributed by atoms with Gasteiger partial charge in [-0.3, -0.25) is 10.1 Å². The number of carbonyl (C=O) groups excluding carboxylic acids is 1. The first-order valence-corrected chi connectivity index (χ1v) is 10.6. The van der Waals surface area contributed by atoms with Gasteiger partial charge >= 0.3 is 0 Å². The molecule has 0 saturated heterocycles. The van der Waals surface area contributed by atoms with Gasteiger partial charge in [0.15, 0.2) is 10.8 Å². The number of anilines is 1. The number of carbonyl (C=O) groups is 1. The number of hydrogen-bond acceptors (Lipinski definition) is 5. The third-order valence-corrected chi connectivity index (χ3v) is 6.22. The van der Waals surface area contributed by atoms with Crippen molar-refractivity contribution in [3.8, 4) is 5.69 Å². The van der Waals surface area contributed by atoms with Crippen molar-refractivity contribution in [2.75, 3.05) is 5.32 Å². The molecule has 0 aliphatic heterocycles. The SMILES string of the molecule is Cc1cccc(-n2nnc(C(=O)Nc3nc(C)c(Cc4ccccc4Cl)s3)c2C)c1. The van der Waals surface area contributed by atoms with Crippen molar-refractivity contribution < 1.29 is 4.79 Å². The summed E-state index contributed by atoms with van der Waals surface area (Å²) in [5.41, 5.74) is 4.82. The third-order valence-electron chi connectivity index (χ3n) is 4.78. The first-order chi connectivity index (χ1) is 14.4. The lowest BCUT2D eigenvalue weighted by atomic mass is 10.1. The highest BCUT2D eigenvalue weighted by molar-refractivity contribution is 7.15. The van der Waals surface area contributed by atoms with Gasteiger partial charge in [-0.15, -0.1) is 16.4 Å². The van der Waals surface area contributed by atoms with Crippen LogP contribution in [0.5, 0.6) is 0 Å². The Morgan fingerprint density at radius 3 is 2.70 bits per heavy atom. The summed E-state index contributed by atoms with van der Waals surface area (Å²) in [5, 5.41) is 12.3. The molecule has 1 N–H and O–H groups in total. The number of hydrogen-bond donors (Lipinski definition) is 1. The molecule has 4 aromatic rings. The van der Waals surface area contributed by atoms with E-state index in [0.29, 0.717) is 17.2 Å². The molecule has 0 aliphatic carbocycles. The molecule has 0 saturated carbocycles. The van der Waals surface area contributed by atoms with Crippen LogP contribution in [0.2, 0.25) is 5.02 Å². The molecule has 0 radical (unpaired) electrons. The third kappa shape index (κ3) is 4.13. The molecule has 30 heavy (non-hydrogen) atoms. The van der Waals surface area contributed by atoms with E-state index in [9.17, 15) is 4.79 Å². The van der Waals surface area contributed by atoms with Crippen molar-refractivity contribution in [3.05, 3.63) is 86.6 Å². The van der Waals surface area contributed by atoms with Crippen LogP contribution in [0.3, 0.4) is 0 Å². The lowest BCUT2D eigenvalue weighted by molar-refractivity contribution is 0.102. The fourth-order valence-corrected chi connectivity index (χ4v) is 4.34. The Morgan fingerprint density at radius 1 is 1.13 bits per heavy atom. The van der Waals surface area contributed by atoms with Crippen molar-refractivity contribution in [1.82, 2.24) is 20.0 Å². The highest BCUT2D eigenvalue weighted by Gasteiger charge is 2.19. The molecule has 0 spiro atoms. The van der Waals surface area contributed by atoms with Crippen LogP contribution in [0.1, 0.15) is 37.9 Å². The predicted molar refractivity (Wildman–Crippen MR) is 120 cm³/mol. The van der Waals surface area contributed by atoms with Gasteiger partial charge in [0.05, 0.1) is 17.1 Å². The van der Waals surface area contributed by atoms with Gasteiger partial charge in [-0.05, 0) is 50.1 Å². The van der Waals surface area contributed by atoms with Gasteiger partial charge in [0, 0.05) is 16.3 Å². The fourth-order valence-electron chi connectivity index (χ4n) is 3.16. The molecule has 0 fully saturated rings. The molecular formula is C22H20ClN5OS. The molecule has 0 bridgehead atoms. The molecule has 0 atom stereocenters. The van der Waals surface area contributed by atoms with E-state index in [2.05, 4.69) is 20.6 Å². The summed E-state index contributed by atoms with van der Waals surface area (Å²) in [6.07, 6.45) is 0.668. The van der Waals surface area contributed by atoms with Crippen LogP contribution >= 0.6 is 22.9 Å². The topological polar surface area (TPSA) is 72.7 Å². The van der Waals surface area contributed by atoms with Crippen molar-refractivity contribution >= 4 is 34.0 Å². The van der Waals surface area contributed by atoms with E-state index >= 15 is 0 Å². The Balaban J connectivity index is 1.53. The Morgan fingerprint density at radius 2 is 1.93 bits per heavy atom. The first-order valence-electron chi connectivity index (χ1n) is 9.43. The van der Waals surface area contributed by atoms with Crippen LogP contribution in [-0.4, -0.2) is 25.9 Å². The summed E-state index contributed by atoms with van der Waals surface area (Å²) >= 11 is 7.71.